The Hall–Kier alpha value is -2.12. The Morgan fingerprint density at radius 2 is 2.11 bits per heavy atom. The fourth-order valence-electron chi connectivity index (χ4n) is 2.96. The molecule has 3 rings (SSSR count). The number of benzene rings is 1. The molecule has 0 spiro atoms. The second-order valence-electron chi connectivity index (χ2n) is 7.03. The van der Waals surface area contributed by atoms with Gasteiger partial charge >= 0.3 is 0 Å². The lowest BCUT2D eigenvalue weighted by molar-refractivity contribution is -0.113. The molecule has 1 aromatic carbocycles. The summed E-state index contributed by atoms with van der Waals surface area (Å²) in [6.45, 7) is 8.42. The molecule has 0 atom stereocenters. The zero-order valence-corrected chi connectivity index (χ0v) is 18.4. The molecule has 0 radical (unpaired) electrons. The van der Waals surface area contributed by atoms with Crippen LogP contribution < -0.4 is 5.32 Å². The molecule has 2 heterocycles. The Kier molecular flexibility index (Phi) is 6.91. The molecule has 0 fully saturated rings. The molecule has 5 nitrogen and oxygen atoms in total. The number of carbonyl (C=O) groups excluding carboxylic acids is 1. The predicted molar refractivity (Wildman–Crippen MR) is 118 cm³/mol. The van der Waals surface area contributed by atoms with E-state index in [1.54, 1.807) is 11.3 Å². The average molecular weight is 415 g/mol. The van der Waals surface area contributed by atoms with Crippen LogP contribution >= 0.6 is 23.1 Å². The number of nitrogens with one attached hydrogen (secondary N) is 1. The van der Waals surface area contributed by atoms with Crippen molar-refractivity contribution in [2.24, 2.45) is 0 Å². The Morgan fingerprint density at radius 3 is 2.82 bits per heavy atom. The van der Waals surface area contributed by atoms with Crippen LogP contribution in [0.25, 0.3) is 11.4 Å². The molecule has 1 amide bonds. The summed E-state index contributed by atoms with van der Waals surface area (Å²) >= 11 is 3.19. The maximum atomic E-state index is 12.3. The maximum Gasteiger partial charge on any atom is 0.234 e. The summed E-state index contributed by atoms with van der Waals surface area (Å²) in [5, 5.41) is 14.6. The highest BCUT2D eigenvalue weighted by molar-refractivity contribution is 7.99. The summed E-state index contributed by atoms with van der Waals surface area (Å²) in [6.07, 6.45) is 2.22. The van der Waals surface area contributed by atoms with Crippen LogP contribution in [-0.2, 0) is 11.2 Å². The molecule has 0 aliphatic rings. The largest absolute Gasteiger partial charge is 0.325 e. The monoisotopic (exact) mass is 414 g/mol. The third kappa shape index (κ3) is 5.02. The van der Waals surface area contributed by atoms with Crippen LogP contribution in [0.3, 0.4) is 0 Å². The summed E-state index contributed by atoms with van der Waals surface area (Å²) in [5.74, 6) is 1.12. The van der Waals surface area contributed by atoms with E-state index in [-0.39, 0.29) is 11.9 Å². The molecule has 0 aliphatic carbocycles. The number of nitrogens with zero attached hydrogens (tertiary/aromatic N) is 3. The van der Waals surface area contributed by atoms with Gasteiger partial charge in [-0.25, -0.2) is 0 Å². The predicted octanol–water partition coefficient (Wildman–Crippen LogP) is 5.58. The number of rotatable bonds is 8. The number of hydrogen-bond donors (Lipinski definition) is 1. The van der Waals surface area contributed by atoms with Gasteiger partial charge in [-0.3, -0.25) is 9.36 Å². The van der Waals surface area contributed by atoms with Crippen molar-refractivity contribution in [1.82, 2.24) is 14.8 Å². The van der Waals surface area contributed by atoms with Gasteiger partial charge in [-0.1, -0.05) is 37.2 Å². The Morgan fingerprint density at radius 1 is 1.29 bits per heavy atom. The Bertz CT molecular complexity index is 946. The number of thiophene rings is 1. The van der Waals surface area contributed by atoms with Crippen LogP contribution in [0.2, 0.25) is 0 Å². The first-order valence-corrected chi connectivity index (χ1v) is 11.4. The van der Waals surface area contributed by atoms with Gasteiger partial charge in [-0.15, -0.1) is 21.5 Å². The molecule has 0 saturated heterocycles. The Labute approximate surface area is 174 Å². The van der Waals surface area contributed by atoms with Gasteiger partial charge in [0.05, 0.1) is 5.75 Å². The van der Waals surface area contributed by atoms with E-state index in [9.17, 15) is 4.79 Å². The van der Waals surface area contributed by atoms with E-state index in [1.807, 2.05) is 31.2 Å². The minimum absolute atomic E-state index is 0.0452. The molecule has 0 bridgehead atoms. The van der Waals surface area contributed by atoms with E-state index >= 15 is 0 Å². The van der Waals surface area contributed by atoms with Crippen LogP contribution in [0.1, 0.15) is 43.7 Å². The summed E-state index contributed by atoms with van der Waals surface area (Å²) in [6, 6.07) is 10.2. The van der Waals surface area contributed by atoms with Gasteiger partial charge in [0, 0.05) is 27.5 Å². The minimum atomic E-state index is -0.0452. The van der Waals surface area contributed by atoms with Crippen LogP contribution in [0.5, 0.6) is 0 Å². The lowest BCUT2D eigenvalue weighted by Crippen LogP contribution is -2.15. The number of thioether (sulfide) groups is 1. The fourth-order valence-corrected chi connectivity index (χ4v) is 4.80. The molecule has 1 N–H and O–H groups in total. The van der Waals surface area contributed by atoms with Crippen molar-refractivity contribution in [3.8, 4) is 11.4 Å². The van der Waals surface area contributed by atoms with Gasteiger partial charge in [0.15, 0.2) is 11.0 Å². The number of anilines is 1. The minimum Gasteiger partial charge on any atom is -0.325 e. The smallest absolute Gasteiger partial charge is 0.234 e. The van der Waals surface area contributed by atoms with E-state index in [0.717, 1.165) is 40.6 Å². The molecular formula is C21H26N4OS2. The van der Waals surface area contributed by atoms with E-state index in [2.05, 4.69) is 52.3 Å². The van der Waals surface area contributed by atoms with Crippen LogP contribution in [-0.4, -0.2) is 26.4 Å². The van der Waals surface area contributed by atoms with E-state index in [1.165, 1.54) is 16.6 Å². The number of carbonyl (C=O) groups is 1. The SMILES string of the molecule is CCCc1cc(-c2nnc(SCC(=O)Nc3cccc(C)c3)n2C(C)C)cs1. The lowest BCUT2D eigenvalue weighted by Gasteiger charge is -2.13. The summed E-state index contributed by atoms with van der Waals surface area (Å²) in [5.41, 5.74) is 3.04. The third-order valence-corrected chi connectivity index (χ3v) is 6.16. The summed E-state index contributed by atoms with van der Waals surface area (Å²) in [4.78, 5) is 13.7. The first-order chi connectivity index (χ1) is 13.5. The number of amides is 1. The first kappa shape index (κ1) is 20.6. The third-order valence-electron chi connectivity index (χ3n) is 4.22. The molecule has 3 aromatic rings. The second-order valence-corrected chi connectivity index (χ2v) is 8.97. The van der Waals surface area contributed by atoms with Crippen molar-refractivity contribution in [2.45, 2.75) is 51.7 Å². The molecule has 2 aromatic heterocycles. The second kappa shape index (κ2) is 9.39. The van der Waals surface area contributed by atoms with E-state index in [4.69, 9.17) is 0 Å². The standard InChI is InChI=1S/C21H26N4OS2/c1-5-7-18-11-16(12-27-18)20-23-24-21(25(20)14(2)3)28-13-19(26)22-17-9-6-8-15(4)10-17/h6,8-12,14H,5,7,13H2,1-4H3,(H,22,26). The summed E-state index contributed by atoms with van der Waals surface area (Å²) < 4.78 is 2.11. The zero-order valence-electron chi connectivity index (χ0n) is 16.7. The van der Waals surface area contributed by atoms with Crippen LogP contribution in [0.15, 0.2) is 40.9 Å². The quantitative estimate of drug-likeness (QED) is 0.489. The van der Waals surface area contributed by atoms with E-state index < -0.39 is 0 Å². The van der Waals surface area contributed by atoms with E-state index in [0.29, 0.717) is 5.75 Å². The van der Waals surface area contributed by atoms with Crippen molar-refractivity contribution < 1.29 is 4.79 Å². The van der Waals surface area contributed by atoms with Crippen LogP contribution in [0, 0.1) is 6.92 Å². The highest BCUT2D eigenvalue weighted by Gasteiger charge is 2.19. The molecule has 0 saturated carbocycles. The van der Waals surface area contributed by atoms with Gasteiger partial charge in [-0.2, -0.15) is 0 Å². The number of aryl methyl sites for hydroxylation is 2. The van der Waals surface area contributed by atoms with Crippen molar-refractivity contribution in [3.05, 3.63) is 46.2 Å². The van der Waals surface area contributed by atoms with Gasteiger partial charge in [0.25, 0.3) is 0 Å². The van der Waals surface area contributed by atoms with Crippen LogP contribution in [0.4, 0.5) is 5.69 Å². The van der Waals surface area contributed by atoms with Gasteiger partial charge < -0.3 is 5.32 Å². The number of hydrogen-bond acceptors (Lipinski definition) is 5. The highest BCUT2D eigenvalue weighted by atomic mass is 32.2. The topological polar surface area (TPSA) is 59.8 Å². The molecule has 148 valence electrons. The maximum absolute atomic E-state index is 12.3. The average Bonchev–Trinajstić information content (AvgIpc) is 3.27. The molecular weight excluding hydrogens is 388 g/mol. The molecule has 28 heavy (non-hydrogen) atoms. The lowest BCUT2D eigenvalue weighted by atomic mass is 10.2. The first-order valence-electron chi connectivity index (χ1n) is 9.50. The molecule has 0 aliphatic heterocycles. The van der Waals surface area contributed by atoms with Gasteiger partial charge in [-0.05, 0) is 51.0 Å². The molecule has 7 heteroatoms. The highest BCUT2D eigenvalue weighted by Crippen LogP contribution is 2.31. The number of aromatic nitrogens is 3. The van der Waals surface area contributed by atoms with Gasteiger partial charge in [0.1, 0.15) is 0 Å². The Balaban J connectivity index is 1.71. The van der Waals surface area contributed by atoms with Crippen molar-refractivity contribution in [3.63, 3.8) is 0 Å². The van der Waals surface area contributed by atoms with Crippen molar-refractivity contribution in [1.29, 1.82) is 0 Å². The fraction of sp³-hybridized carbons (Fsp3) is 0.381. The zero-order chi connectivity index (χ0) is 20.1. The van der Waals surface area contributed by atoms with Crippen molar-refractivity contribution in [2.75, 3.05) is 11.1 Å². The molecule has 0 unspecified atom stereocenters. The summed E-state index contributed by atoms with van der Waals surface area (Å²) in [7, 11) is 0. The van der Waals surface area contributed by atoms with Gasteiger partial charge in [0.2, 0.25) is 5.91 Å². The normalized spacial score (nSPS) is 11.2. The van der Waals surface area contributed by atoms with Crippen molar-refractivity contribution >= 4 is 34.7 Å².